The number of aryl methyl sites for hydroxylation is 2. The normalized spacial score (nSPS) is 8.69. The van der Waals surface area contributed by atoms with Crippen LogP contribution < -0.4 is 0 Å². The van der Waals surface area contributed by atoms with Crippen molar-refractivity contribution < 1.29 is 0 Å². The molecule has 0 unspecified atom stereocenters. The van der Waals surface area contributed by atoms with Gasteiger partial charge in [-0.1, -0.05) is 22.8 Å². The molecule has 0 aromatic heterocycles. The molecule has 0 fully saturated rings. The van der Waals surface area contributed by atoms with E-state index in [0.29, 0.717) is 11.4 Å². The zero-order valence-corrected chi connectivity index (χ0v) is 7.44. The van der Waals surface area contributed by atoms with Gasteiger partial charge in [0.25, 0.3) is 0 Å². The molecule has 4 nitrogen and oxygen atoms in total. The van der Waals surface area contributed by atoms with E-state index in [1.807, 2.05) is 19.9 Å². The summed E-state index contributed by atoms with van der Waals surface area (Å²) in [7, 11) is 0. The molecule has 0 amide bonds. The van der Waals surface area contributed by atoms with Gasteiger partial charge < -0.3 is 0 Å². The zero-order chi connectivity index (χ0) is 9.84. The number of hydrogen-bond donors (Lipinski definition) is 0. The third kappa shape index (κ3) is 1.78. The second-order valence-corrected chi connectivity index (χ2v) is 2.75. The van der Waals surface area contributed by atoms with Gasteiger partial charge in [-0.2, -0.15) is 0 Å². The monoisotopic (exact) mass is 172 g/mol. The Labute approximate surface area is 76.3 Å². The lowest BCUT2D eigenvalue weighted by Gasteiger charge is -2.02. The third-order valence-electron chi connectivity index (χ3n) is 1.69. The molecule has 0 N–H and O–H groups in total. The van der Waals surface area contributed by atoms with E-state index in [0.717, 1.165) is 11.1 Å². The molecular formula is C9H8N4. The Kier molecular flexibility index (Phi) is 2.53. The van der Waals surface area contributed by atoms with Crippen LogP contribution in [-0.4, -0.2) is 0 Å². The molecule has 1 aromatic carbocycles. The van der Waals surface area contributed by atoms with Gasteiger partial charge in [-0.25, -0.2) is 4.85 Å². The highest BCUT2D eigenvalue weighted by Crippen LogP contribution is 2.32. The fourth-order valence-corrected chi connectivity index (χ4v) is 1.21. The van der Waals surface area contributed by atoms with Gasteiger partial charge >= 0.3 is 0 Å². The quantitative estimate of drug-likeness (QED) is 0.268. The second kappa shape index (κ2) is 3.61. The Hall–Kier alpha value is -1.98. The van der Waals surface area contributed by atoms with Gasteiger partial charge in [0.05, 0.1) is 6.57 Å². The van der Waals surface area contributed by atoms with Crippen molar-refractivity contribution in [3.63, 3.8) is 0 Å². The van der Waals surface area contributed by atoms with E-state index in [2.05, 4.69) is 14.9 Å². The lowest BCUT2D eigenvalue weighted by atomic mass is 10.1. The van der Waals surface area contributed by atoms with Crippen molar-refractivity contribution in [2.45, 2.75) is 13.8 Å². The van der Waals surface area contributed by atoms with Gasteiger partial charge in [0.1, 0.15) is 0 Å². The van der Waals surface area contributed by atoms with E-state index in [1.165, 1.54) is 0 Å². The van der Waals surface area contributed by atoms with Crippen LogP contribution in [0, 0.1) is 20.4 Å². The van der Waals surface area contributed by atoms with Crippen molar-refractivity contribution in [1.29, 1.82) is 0 Å². The predicted molar refractivity (Wildman–Crippen MR) is 51.0 cm³/mol. The van der Waals surface area contributed by atoms with E-state index in [-0.39, 0.29) is 0 Å². The molecule has 0 saturated heterocycles. The highest BCUT2D eigenvalue weighted by molar-refractivity contribution is 5.71. The van der Waals surface area contributed by atoms with Crippen LogP contribution in [0.2, 0.25) is 0 Å². The molecule has 0 heterocycles. The first-order chi connectivity index (χ1) is 6.19. The zero-order valence-electron chi connectivity index (χ0n) is 7.44. The molecule has 0 radical (unpaired) electrons. The number of hydrogen-bond acceptors (Lipinski definition) is 1. The molecule has 0 bridgehead atoms. The Morgan fingerprint density at radius 2 is 2.08 bits per heavy atom. The molecule has 0 aliphatic heterocycles. The molecule has 1 rings (SSSR count). The number of azide groups is 1. The number of nitrogens with zero attached hydrogens (tertiary/aromatic N) is 4. The van der Waals surface area contributed by atoms with Crippen LogP contribution in [0.4, 0.5) is 11.4 Å². The summed E-state index contributed by atoms with van der Waals surface area (Å²) in [6.07, 6.45) is 0. The Balaban J connectivity index is 3.49. The largest absolute Gasteiger partial charge is 0.237 e. The summed E-state index contributed by atoms with van der Waals surface area (Å²) in [4.78, 5) is 5.99. The van der Waals surface area contributed by atoms with E-state index >= 15 is 0 Å². The van der Waals surface area contributed by atoms with E-state index in [1.54, 1.807) is 6.07 Å². The Morgan fingerprint density at radius 1 is 1.38 bits per heavy atom. The summed E-state index contributed by atoms with van der Waals surface area (Å²) < 4.78 is 0. The highest BCUT2D eigenvalue weighted by atomic mass is 15.1. The molecule has 0 atom stereocenters. The Morgan fingerprint density at radius 3 is 2.62 bits per heavy atom. The SMILES string of the molecule is [C-]#[N+]c1c(C)cc(C)cc1N=[N+]=[N-]. The summed E-state index contributed by atoms with van der Waals surface area (Å²) >= 11 is 0. The minimum atomic E-state index is 0.412. The molecular weight excluding hydrogens is 164 g/mol. The topological polar surface area (TPSA) is 53.1 Å². The summed E-state index contributed by atoms with van der Waals surface area (Å²) in [5.41, 5.74) is 11.0. The van der Waals surface area contributed by atoms with Crippen LogP contribution in [0.5, 0.6) is 0 Å². The smallest absolute Gasteiger partial charge is 0.199 e. The van der Waals surface area contributed by atoms with E-state index in [9.17, 15) is 0 Å². The third-order valence-corrected chi connectivity index (χ3v) is 1.69. The summed E-state index contributed by atoms with van der Waals surface area (Å²) in [6, 6.07) is 3.60. The molecule has 0 aliphatic carbocycles. The molecule has 64 valence electrons. The van der Waals surface area contributed by atoms with Crippen LogP contribution in [-0.2, 0) is 0 Å². The van der Waals surface area contributed by atoms with Crippen molar-refractivity contribution in [3.8, 4) is 0 Å². The van der Waals surface area contributed by atoms with Crippen molar-refractivity contribution in [2.75, 3.05) is 0 Å². The standard InChI is InChI=1S/C9H8N4/c1-6-4-7(2)9(11-3)8(5-6)12-13-10/h4-5H,1-2H3. The number of rotatable bonds is 1. The number of benzene rings is 1. The molecule has 4 heteroatoms. The van der Waals surface area contributed by atoms with Gasteiger partial charge in [0.2, 0.25) is 0 Å². The maximum absolute atomic E-state index is 8.28. The van der Waals surface area contributed by atoms with Crippen LogP contribution in [0.25, 0.3) is 15.3 Å². The Bertz CT molecular complexity index is 422. The lowest BCUT2D eigenvalue weighted by Crippen LogP contribution is -1.77. The average Bonchev–Trinajstić information content (AvgIpc) is 2.04. The fraction of sp³-hybridized carbons (Fsp3) is 0.222. The molecule has 13 heavy (non-hydrogen) atoms. The van der Waals surface area contributed by atoms with Crippen molar-refractivity contribution in [1.82, 2.24) is 0 Å². The van der Waals surface area contributed by atoms with Crippen LogP contribution >= 0.6 is 0 Å². The predicted octanol–water partition coefficient (Wildman–Crippen LogP) is 3.80. The first-order valence-electron chi connectivity index (χ1n) is 3.73. The van der Waals surface area contributed by atoms with Gasteiger partial charge in [-0.05, 0) is 24.9 Å². The van der Waals surface area contributed by atoms with Gasteiger partial charge in [0.15, 0.2) is 5.69 Å². The van der Waals surface area contributed by atoms with Crippen LogP contribution in [0.15, 0.2) is 17.2 Å². The minimum Gasteiger partial charge on any atom is -0.237 e. The minimum absolute atomic E-state index is 0.412. The molecule has 0 saturated carbocycles. The first kappa shape index (κ1) is 9.11. The summed E-state index contributed by atoms with van der Waals surface area (Å²) in [6.45, 7) is 10.6. The van der Waals surface area contributed by atoms with E-state index in [4.69, 9.17) is 12.1 Å². The maximum atomic E-state index is 8.28. The van der Waals surface area contributed by atoms with E-state index < -0.39 is 0 Å². The highest BCUT2D eigenvalue weighted by Gasteiger charge is 2.04. The van der Waals surface area contributed by atoms with Gasteiger partial charge in [-0.15, -0.1) is 0 Å². The molecule has 1 aromatic rings. The summed E-state index contributed by atoms with van der Waals surface area (Å²) in [5, 5.41) is 3.47. The first-order valence-corrected chi connectivity index (χ1v) is 3.73. The lowest BCUT2D eigenvalue weighted by molar-refractivity contribution is 1.36. The van der Waals surface area contributed by atoms with Gasteiger partial charge in [0, 0.05) is 10.6 Å². The second-order valence-electron chi connectivity index (χ2n) is 2.75. The molecule has 0 aliphatic rings. The van der Waals surface area contributed by atoms with Crippen molar-refractivity contribution >= 4 is 11.4 Å². The maximum Gasteiger partial charge on any atom is 0.199 e. The van der Waals surface area contributed by atoms with Crippen LogP contribution in [0.3, 0.4) is 0 Å². The fourth-order valence-electron chi connectivity index (χ4n) is 1.21. The van der Waals surface area contributed by atoms with Gasteiger partial charge in [-0.3, -0.25) is 0 Å². The molecule has 0 spiro atoms. The van der Waals surface area contributed by atoms with Crippen molar-refractivity contribution in [2.24, 2.45) is 5.11 Å². The van der Waals surface area contributed by atoms with Crippen LogP contribution in [0.1, 0.15) is 11.1 Å². The van der Waals surface area contributed by atoms with Crippen molar-refractivity contribution in [3.05, 3.63) is 45.1 Å². The summed E-state index contributed by atoms with van der Waals surface area (Å²) in [5.74, 6) is 0. The average molecular weight is 172 g/mol.